The highest BCUT2D eigenvalue weighted by Crippen LogP contribution is 2.43. The average Bonchev–Trinajstić information content (AvgIpc) is 3.54. The highest BCUT2D eigenvalue weighted by atomic mass is 19.3. The summed E-state index contributed by atoms with van der Waals surface area (Å²) in [5.41, 5.74) is 1.24. The number of fused-ring (bicyclic) bond motifs is 2. The topological polar surface area (TPSA) is 123 Å². The van der Waals surface area contributed by atoms with Crippen molar-refractivity contribution in [3.8, 4) is 28.8 Å². The van der Waals surface area contributed by atoms with E-state index in [9.17, 15) is 23.6 Å². The van der Waals surface area contributed by atoms with Crippen molar-refractivity contribution in [2.75, 3.05) is 37.7 Å². The van der Waals surface area contributed by atoms with E-state index in [1.54, 1.807) is 37.3 Å². The van der Waals surface area contributed by atoms with Crippen LogP contribution in [0.2, 0.25) is 0 Å². The van der Waals surface area contributed by atoms with Crippen LogP contribution in [-0.4, -0.2) is 59.7 Å². The minimum atomic E-state index is -3.79. The van der Waals surface area contributed by atoms with Crippen molar-refractivity contribution in [3.63, 3.8) is 0 Å². The highest BCUT2D eigenvalue weighted by Gasteiger charge is 2.43. The summed E-state index contributed by atoms with van der Waals surface area (Å²) in [6, 6.07) is 14.5. The van der Waals surface area contributed by atoms with Gasteiger partial charge in [-0.05, 0) is 37.3 Å². The smallest absolute Gasteiger partial charge is 0.457 e. The van der Waals surface area contributed by atoms with Gasteiger partial charge in [0.1, 0.15) is 18.0 Å². The summed E-state index contributed by atoms with van der Waals surface area (Å²) in [7, 11) is 0. The number of nitrogens with zero attached hydrogens (tertiary/aromatic N) is 5. The third-order valence-corrected chi connectivity index (χ3v) is 7.03. The van der Waals surface area contributed by atoms with E-state index in [0.717, 1.165) is 17.8 Å². The molecule has 2 aromatic carbocycles. The van der Waals surface area contributed by atoms with Crippen LogP contribution in [-0.2, 0) is 22.6 Å². The van der Waals surface area contributed by atoms with Crippen LogP contribution in [0.4, 0.5) is 14.5 Å². The molecule has 0 unspecified atom stereocenters. The fraction of sp³-hybridized carbons (Fsp3) is 0.310. The molecule has 4 aromatic rings. The SMILES string of the molecule is CCN(C(=O)Cn1nc(-c2cccc(C#N)c2)c2oc(CN3CCOCC3)cc2c1=O)c1ccc2c(c1)OC(F)(F)O2. The number of likely N-dealkylation sites (N-methyl/N-ethyl adjacent to an activating group) is 1. The largest absolute Gasteiger partial charge is 0.586 e. The van der Waals surface area contributed by atoms with E-state index in [1.165, 1.54) is 23.1 Å². The van der Waals surface area contributed by atoms with Gasteiger partial charge in [0.05, 0.1) is 36.8 Å². The van der Waals surface area contributed by atoms with Gasteiger partial charge in [-0.25, -0.2) is 4.68 Å². The van der Waals surface area contributed by atoms with E-state index in [2.05, 4.69) is 25.5 Å². The molecule has 0 saturated carbocycles. The first-order chi connectivity index (χ1) is 20.2. The Hall–Kier alpha value is -4.80. The molecule has 0 N–H and O–H groups in total. The van der Waals surface area contributed by atoms with Gasteiger partial charge in [0.15, 0.2) is 17.1 Å². The normalized spacial score (nSPS) is 16.0. The van der Waals surface area contributed by atoms with E-state index >= 15 is 0 Å². The molecule has 2 aliphatic heterocycles. The number of morpholine rings is 1. The van der Waals surface area contributed by atoms with Gasteiger partial charge in [-0.2, -0.15) is 10.4 Å². The molecule has 2 aromatic heterocycles. The number of aromatic nitrogens is 2. The molecule has 0 atom stereocenters. The molecule has 1 amide bonds. The predicted octanol–water partition coefficient (Wildman–Crippen LogP) is 3.73. The zero-order valence-electron chi connectivity index (χ0n) is 22.5. The number of alkyl halides is 2. The van der Waals surface area contributed by atoms with Crippen molar-refractivity contribution >= 4 is 22.6 Å². The zero-order valence-corrected chi connectivity index (χ0v) is 22.5. The Bertz CT molecular complexity index is 1770. The molecular formula is C29H25F2N5O6. The molecule has 0 aliphatic carbocycles. The van der Waals surface area contributed by atoms with Gasteiger partial charge in [-0.15, -0.1) is 8.78 Å². The second kappa shape index (κ2) is 10.9. The Labute approximate surface area is 238 Å². The lowest BCUT2D eigenvalue weighted by atomic mass is 10.1. The summed E-state index contributed by atoms with van der Waals surface area (Å²) >= 11 is 0. The van der Waals surface area contributed by atoms with E-state index in [-0.39, 0.29) is 34.7 Å². The minimum absolute atomic E-state index is 0.146. The number of carbonyl (C=O) groups excluding carboxylic acids is 1. The summed E-state index contributed by atoms with van der Waals surface area (Å²) in [4.78, 5) is 30.6. The Kier molecular flexibility index (Phi) is 7.09. The third kappa shape index (κ3) is 5.29. The second-order valence-corrected chi connectivity index (χ2v) is 9.78. The summed E-state index contributed by atoms with van der Waals surface area (Å²) in [5.74, 6) is -0.301. The molecular weight excluding hydrogens is 552 g/mol. The molecule has 2 aliphatic rings. The Morgan fingerprint density at radius 1 is 1.12 bits per heavy atom. The fourth-order valence-corrected chi connectivity index (χ4v) is 5.04. The van der Waals surface area contributed by atoms with E-state index in [1.807, 2.05) is 0 Å². The number of amides is 1. The van der Waals surface area contributed by atoms with Crippen molar-refractivity contribution in [2.45, 2.75) is 26.3 Å². The minimum Gasteiger partial charge on any atom is -0.457 e. The Balaban J connectivity index is 1.37. The average molecular weight is 578 g/mol. The number of carbonyl (C=O) groups is 1. The number of ether oxygens (including phenoxy) is 3. The van der Waals surface area contributed by atoms with Crippen LogP contribution in [0.15, 0.2) is 57.7 Å². The first-order valence-corrected chi connectivity index (χ1v) is 13.3. The van der Waals surface area contributed by atoms with Crippen LogP contribution >= 0.6 is 0 Å². The van der Waals surface area contributed by atoms with Crippen LogP contribution in [0, 0.1) is 11.3 Å². The first kappa shape index (κ1) is 27.4. The number of furan rings is 1. The van der Waals surface area contributed by atoms with Crippen LogP contribution in [0.1, 0.15) is 18.2 Å². The molecule has 0 radical (unpaired) electrons. The van der Waals surface area contributed by atoms with Gasteiger partial charge in [0, 0.05) is 37.0 Å². The lowest BCUT2D eigenvalue weighted by Crippen LogP contribution is -2.37. The lowest BCUT2D eigenvalue weighted by Gasteiger charge is -2.25. The molecule has 0 spiro atoms. The molecule has 11 nitrogen and oxygen atoms in total. The van der Waals surface area contributed by atoms with Crippen molar-refractivity contribution in [3.05, 3.63) is 70.2 Å². The van der Waals surface area contributed by atoms with E-state index < -0.39 is 24.3 Å². The van der Waals surface area contributed by atoms with Crippen molar-refractivity contribution in [1.82, 2.24) is 14.7 Å². The summed E-state index contributed by atoms with van der Waals surface area (Å²) in [5, 5.41) is 14.2. The maximum atomic E-state index is 13.6. The summed E-state index contributed by atoms with van der Waals surface area (Å²) < 4.78 is 48.6. The number of nitriles is 1. The Morgan fingerprint density at radius 3 is 2.67 bits per heavy atom. The van der Waals surface area contributed by atoms with Gasteiger partial charge >= 0.3 is 6.29 Å². The number of hydrogen-bond donors (Lipinski definition) is 0. The molecule has 0 bridgehead atoms. The summed E-state index contributed by atoms with van der Waals surface area (Å²) in [6.07, 6.45) is -3.79. The number of anilines is 1. The molecule has 216 valence electrons. The maximum absolute atomic E-state index is 13.6. The first-order valence-electron chi connectivity index (χ1n) is 13.3. The van der Waals surface area contributed by atoms with Crippen LogP contribution in [0.3, 0.4) is 0 Å². The standard InChI is InChI=1S/C29H25F2N5O6/c1-2-35(20-6-7-23-24(13-20)42-29(30,31)41-23)25(37)17-36-28(38)22-14-21(16-34-8-10-39-11-9-34)40-27(22)26(33-36)19-5-3-4-18(12-19)15-32/h3-7,12-14H,2,8-11,16-17H2,1H3. The monoisotopic (exact) mass is 577 g/mol. The van der Waals surface area contributed by atoms with Gasteiger partial charge in [-0.1, -0.05) is 12.1 Å². The van der Waals surface area contributed by atoms with Gasteiger partial charge in [-0.3, -0.25) is 14.5 Å². The predicted molar refractivity (Wildman–Crippen MR) is 145 cm³/mol. The Morgan fingerprint density at radius 2 is 1.90 bits per heavy atom. The van der Waals surface area contributed by atoms with Crippen molar-refractivity contribution < 1.29 is 32.2 Å². The van der Waals surface area contributed by atoms with Crippen LogP contribution in [0.25, 0.3) is 22.2 Å². The molecule has 42 heavy (non-hydrogen) atoms. The van der Waals surface area contributed by atoms with Crippen LogP contribution in [0.5, 0.6) is 11.5 Å². The highest BCUT2D eigenvalue weighted by molar-refractivity contribution is 5.94. The van der Waals surface area contributed by atoms with Crippen LogP contribution < -0.4 is 19.9 Å². The molecule has 4 heterocycles. The number of rotatable bonds is 7. The van der Waals surface area contributed by atoms with E-state index in [0.29, 0.717) is 42.3 Å². The van der Waals surface area contributed by atoms with Gasteiger partial charge < -0.3 is 23.5 Å². The quantitative estimate of drug-likeness (QED) is 0.323. The molecule has 1 saturated heterocycles. The summed E-state index contributed by atoms with van der Waals surface area (Å²) in [6.45, 7) is 4.54. The fourth-order valence-electron chi connectivity index (χ4n) is 5.04. The molecule has 13 heteroatoms. The second-order valence-electron chi connectivity index (χ2n) is 9.78. The van der Waals surface area contributed by atoms with Gasteiger partial charge in [0.2, 0.25) is 5.91 Å². The number of halogens is 2. The van der Waals surface area contributed by atoms with Crippen molar-refractivity contribution in [2.24, 2.45) is 0 Å². The third-order valence-electron chi connectivity index (χ3n) is 7.03. The number of benzene rings is 2. The number of hydrogen-bond acceptors (Lipinski definition) is 9. The van der Waals surface area contributed by atoms with Gasteiger partial charge in [0.25, 0.3) is 5.56 Å². The maximum Gasteiger partial charge on any atom is 0.586 e. The molecule has 6 rings (SSSR count). The zero-order chi connectivity index (χ0) is 29.4. The lowest BCUT2D eigenvalue weighted by molar-refractivity contribution is -0.286. The van der Waals surface area contributed by atoms with E-state index in [4.69, 9.17) is 9.15 Å². The van der Waals surface area contributed by atoms with Crippen molar-refractivity contribution in [1.29, 1.82) is 5.26 Å². The molecule has 1 fully saturated rings.